The van der Waals surface area contributed by atoms with Gasteiger partial charge in [-0.25, -0.2) is 4.98 Å². The smallest absolute Gasteiger partial charge is 0.291 e. The average Bonchev–Trinajstić information content (AvgIpc) is 3.25. The molecular weight excluding hydrogens is 388 g/mol. The zero-order valence-electron chi connectivity index (χ0n) is 14.9. The number of thioether (sulfide) groups is 1. The van der Waals surface area contributed by atoms with Crippen molar-refractivity contribution in [2.45, 2.75) is 30.4 Å². The predicted molar refractivity (Wildman–Crippen MR) is 101 cm³/mol. The number of fused-ring (bicyclic) bond motifs is 2. The lowest BCUT2D eigenvalue weighted by molar-refractivity contribution is -0.122. The summed E-state index contributed by atoms with van der Waals surface area (Å²) in [4.78, 5) is 16.8. The molecular formula is C19H17F2N3O3S. The molecule has 28 heavy (non-hydrogen) atoms. The Bertz CT molecular complexity index is 1020. The van der Waals surface area contributed by atoms with Crippen LogP contribution in [0.4, 0.5) is 8.78 Å². The lowest BCUT2D eigenvalue weighted by atomic mass is 10.1. The van der Waals surface area contributed by atoms with E-state index < -0.39 is 5.76 Å². The summed E-state index contributed by atoms with van der Waals surface area (Å²) < 4.78 is 37.9. The molecule has 2 heterocycles. The highest BCUT2D eigenvalue weighted by Crippen LogP contribution is 2.34. The third-order valence-corrected chi connectivity index (χ3v) is 5.09. The molecule has 6 nitrogen and oxygen atoms in total. The number of alkyl halides is 2. The van der Waals surface area contributed by atoms with Gasteiger partial charge in [-0.15, -0.1) is 0 Å². The molecule has 0 fully saturated rings. The second-order valence-corrected chi connectivity index (χ2v) is 7.21. The first-order valence-corrected chi connectivity index (χ1v) is 9.48. The van der Waals surface area contributed by atoms with E-state index in [1.165, 1.54) is 4.57 Å². The van der Waals surface area contributed by atoms with Gasteiger partial charge in [0, 0.05) is 0 Å². The molecule has 9 heteroatoms. The van der Waals surface area contributed by atoms with Gasteiger partial charge >= 0.3 is 0 Å². The van der Waals surface area contributed by atoms with Crippen LogP contribution in [-0.4, -0.2) is 28.0 Å². The fourth-order valence-corrected chi connectivity index (χ4v) is 3.67. The summed E-state index contributed by atoms with van der Waals surface area (Å²) in [6, 6.07) is 12.2. The van der Waals surface area contributed by atoms with E-state index in [-0.39, 0.29) is 30.4 Å². The number of nitrogens with zero attached hydrogens (tertiary/aromatic N) is 2. The molecule has 2 aromatic carbocycles. The van der Waals surface area contributed by atoms with E-state index >= 15 is 0 Å². The molecule has 0 radical (unpaired) electrons. The average molecular weight is 405 g/mol. The van der Waals surface area contributed by atoms with Crippen LogP contribution in [0.15, 0.2) is 47.6 Å². The van der Waals surface area contributed by atoms with Crippen LogP contribution in [0.3, 0.4) is 0 Å². The SMILES string of the molecule is CC(NC(=O)Cn1c(SC(F)F)nc2ccccc21)c1ccc2c(c1)OCO2. The second-order valence-electron chi connectivity index (χ2n) is 6.25. The van der Waals surface area contributed by atoms with Crippen LogP contribution in [0.2, 0.25) is 0 Å². The van der Waals surface area contributed by atoms with Gasteiger partial charge in [-0.1, -0.05) is 18.2 Å². The Labute approximate surface area is 163 Å². The van der Waals surface area contributed by atoms with E-state index in [1.807, 2.05) is 19.1 Å². The molecule has 1 aliphatic rings. The molecule has 1 aliphatic heterocycles. The fourth-order valence-electron chi connectivity index (χ4n) is 3.07. The Morgan fingerprint density at radius 1 is 1.25 bits per heavy atom. The molecule has 1 N–H and O–H groups in total. The number of carbonyl (C=O) groups excluding carboxylic acids is 1. The Kier molecular flexibility index (Phi) is 5.08. The topological polar surface area (TPSA) is 65.4 Å². The summed E-state index contributed by atoms with van der Waals surface area (Å²) in [5.41, 5.74) is 2.06. The molecule has 0 saturated carbocycles. The highest BCUT2D eigenvalue weighted by molar-refractivity contribution is 7.99. The number of imidazole rings is 1. The van der Waals surface area contributed by atoms with Crippen LogP contribution in [0, 0.1) is 0 Å². The number of halogens is 2. The van der Waals surface area contributed by atoms with Crippen LogP contribution in [-0.2, 0) is 11.3 Å². The van der Waals surface area contributed by atoms with E-state index in [0.717, 1.165) is 5.56 Å². The van der Waals surface area contributed by atoms with E-state index in [2.05, 4.69) is 10.3 Å². The number of amides is 1. The number of nitrogens with one attached hydrogen (secondary N) is 1. The van der Waals surface area contributed by atoms with Crippen molar-refractivity contribution in [1.29, 1.82) is 0 Å². The third-order valence-electron chi connectivity index (χ3n) is 4.39. The van der Waals surface area contributed by atoms with Crippen molar-refractivity contribution in [1.82, 2.24) is 14.9 Å². The number of aromatic nitrogens is 2. The Balaban J connectivity index is 1.52. The number of rotatable bonds is 6. The number of benzene rings is 2. The molecule has 3 aromatic rings. The molecule has 0 spiro atoms. The number of para-hydroxylation sites is 2. The van der Waals surface area contributed by atoms with Gasteiger partial charge in [-0.3, -0.25) is 4.79 Å². The van der Waals surface area contributed by atoms with Gasteiger partial charge in [0.05, 0.1) is 17.1 Å². The summed E-state index contributed by atoms with van der Waals surface area (Å²) in [7, 11) is 0. The van der Waals surface area contributed by atoms with Crippen LogP contribution in [0.25, 0.3) is 11.0 Å². The molecule has 1 atom stereocenters. The first-order valence-electron chi connectivity index (χ1n) is 8.60. The number of carbonyl (C=O) groups is 1. The molecule has 1 unspecified atom stereocenters. The monoisotopic (exact) mass is 405 g/mol. The minimum Gasteiger partial charge on any atom is -0.454 e. The highest BCUT2D eigenvalue weighted by Gasteiger charge is 2.20. The van der Waals surface area contributed by atoms with Crippen molar-refractivity contribution in [3.05, 3.63) is 48.0 Å². The first kappa shape index (κ1) is 18.5. The molecule has 146 valence electrons. The molecule has 1 aromatic heterocycles. The minimum atomic E-state index is -2.62. The molecule has 0 aliphatic carbocycles. The normalized spacial score (nSPS) is 13.9. The highest BCUT2D eigenvalue weighted by atomic mass is 32.2. The van der Waals surface area contributed by atoms with Crippen LogP contribution in [0.1, 0.15) is 18.5 Å². The Morgan fingerprint density at radius 2 is 2.04 bits per heavy atom. The minimum absolute atomic E-state index is 0.107. The van der Waals surface area contributed by atoms with Gasteiger partial charge in [0.2, 0.25) is 12.7 Å². The zero-order valence-corrected chi connectivity index (χ0v) is 15.7. The third kappa shape index (κ3) is 3.75. The number of hydrogen-bond acceptors (Lipinski definition) is 5. The van der Waals surface area contributed by atoms with Gasteiger partial charge in [-0.2, -0.15) is 8.78 Å². The summed E-state index contributed by atoms with van der Waals surface area (Å²) in [6.07, 6.45) is 0. The molecule has 0 saturated heterocycles. The largest absolute Gasteiger partial charge is 0.454 e. The fraction of sp³-hybridized carbons (Fsp3) is 0.263. The van der Waals surface area contributed by atoms with Gasteiger partial charge in [0.1, 0.15) is 6.54 Å². The second kappa shape index (κ2) is 7.67. The van der Waals surface area contributed by atoms with Gasteiger partial charge in [-0.05, 0) is 48.5 Å². The standard InChI is InChI=1S/C19H17F2N3O3S/c1-11(12-6-7-15-16(8-12)27-10-26-15)22-17(25)9-24-14-5-3-2-4-13(14)23-19(24)28-18(20)21/h2-8,11,18H,9-10H2,1H3,(H,22,25). The van der Waals surface area contributed by atoms with E-state index in [9.17, 15) is 13.6 Å². The van der Waals surface area contributed by atoms with Crippen molar-refractivity contribution in [2.24, 2.45) is 0 Å². The van der Waals surface area contributed by atoms with Crippen LogP contribution < -0.4 is 14.8 Å². The van der Waals surface area contributed by atoms with Gasteiger partial charge in [0.25, 0.3) is 5.76 Å². The maximum atomic E-state index is 12.9. The zero-order chi connectivity index (χ0) is 19.7. The van der Waals surface area contributed by atoms with Crippen molar-refractivity contribution in [3.63, 3.8) is 0 Å². The number of ether oxygens (including phenoxy) is 2. The number of hydrogen-bond donors (Lipinski definition) is 1. The first-order chi connectivity index (χ1) is 13.5. The van der Waals surface area contributed by atoms with Gasteiger partial charge < -0.3 is 19.4 Å². The van der Waals surface area contributed by atoms with Crippen molar-refractivity contribution < 1.29 is 23.0 Å². The van der Waals surface area contributed by atoms with Crippen LogP contribution >= 0.6 is 11.8 Å². The van der Waals surface area contributed by atoms with Crippen molar-refractivity contribution >= 4 is 28.7 Å². The molecule has 1 amide bonds. The quantitative estimate of drug-likeness (QED) is 0.629. The van der Waals surface area contributed by atoms with Crippen LogP contribution in [0.5, 0.6) is 11.5 Å². The molecule has 4 rings (SSSR count). The summed E-state index contributed by atoms with van der Waals surface area (Å²) in [6.45, 7) is 1.92. The lowest BCUT2D eigenvalue weighted by Gasteiger charge is -2.16. The lowest BCUT2D eigenvalue weighted by Crippen LogP contribution is -2.30. The summed E-state index contributed by atoms with van der Waals surface area (Å²) >= 11 is 0.330. The predicted octanol–water partition coefficient (Wildman–Crippen LogP) is 3.96. The van der Waals surface area contributed by atoms with E-state index in [4.69, 9.17) is 9.47 Å². The van der Waals surface area contributed by atoms with Crippen molar-refractivity contribution in [2.75, 3.05) is 6.79 Å². The molecule has 0 bridgehead atoms. The summed E-state index contributed by atoms with van der Waals surface area (Å²) in [5.74, 6) is -1.62. The summed E-state index contributed by atoms with van der Waals surface area (Å²) in [5, 5.41) is 3.00. The Hall–Kier alpha value is -2.81. The maximum Gasteiger partial charge on any atom is 0.291 e. The van der Waals surface area contributed by atoms with Crippen molar-refractivity contribution in [3.8, 4) is 11.5 Å². The Morgan fingerprint density at radius 3 is 2.86 bits per heavy atom. The van der Waals surface area contributed by atoms with E-state index in [1.54, 1.807) is 30.3 Å². The van der Waals surface area contributed by atoms with Gasteiger partial charge in [0.15, 0.2) is 16.7 Å². The maximum absolute atomic E-state index is 12.9. The van der Waals surface area contributed by atoms with E-state index in [0.29, 0.717) is 34.3 Å².